The van der Waals surface area contributed by atoms with Crippen molar-refractivity contribution in [1.82, 2.24) is 19.5 Å². The second-order valence-electron chi connectivity index (χ2n) is 8.92. The van der Waals surface area contributed by atoms with E-state index in [-0.39, 0.29) is 17.5 Å². The number of fused-ring (bicyclic) bond motifs is 2. The first-order chi connectivity index (χ1) is 13.8. The van der Waals surface area contributed by atoms with Gasteiger partial charge in [-0.1, -0.05) is 20.8 Å². The second-order valence-corrected chi connectivity index (χ2v) is 17.2. The van der Waals surface area contributed by atoms with E-state index in [1.54, 1.807) is 4.57 Å². The van der Waals surface area contributed by atoms with E-state index < -0.39 is 39.6 Å². The predicted molar refractivity (Wildman–Crippen MR) is 121 cm³/mol. The van der Waals surface area contributed by atoms with Gasteiger partial charge in [0.2, 0.25) is 0 Å². The van der Waals surface area contributed by atoms with E-state index in [1.165, 1.54) is 6.33 Å². The van der Waals surface area contributed by atoms with Gasteiger partial charge >= 0.3 is 6.72 Å². The highest BCUT2D eigenvalue weighted by Gasteiger charge is 2.55. The Bertz CT molecular complexity index is 1030. The summed E-state index contributed by atoms with van der Waals surface area (Å²) in [6, 6.07) is 0. The smallest absolute Gasteiger partial charge is 0.325 e. The van der Waals surface area contributed by atoms with Crippen LogP contribution in [0.15, 0.2) is 11.1 Å². The molecule has 0 bridgehead atoms. The number of nitrogen functional groups attached to an aromatic ring is 1. The number of anilines is 1. The normalized spacial score (nSPS) is 32.5. The number of rotatable bonds is 3. The lowest BCUT2D eigenvalue weighted by molar-refractivity contribution is -0.0597. The molecule has 3 unspecified atom stereocenters. The third-order valence-electron chi connectivity index (χ3n) is 5.90. The Morgan fingerprint density at radius 1 is 1.40 bits per heavy atom. The Balaban J connectivity index is 1.81. The van der Waals surface area contributed by atoms with Gasteiger partial charge in [-0.05, 0) is 45.9 Å². The van der Waals surface area contributed by atoms with Crippen LogP contribution in [0.2, 0.25) is 18.1 Å². The van der Waals surface area contributed by atoms with Crippen LogP contribution in [0.1, 0.15) is 27.0 Å². The Morgan fingerprint density at radius 2 is 2.10 bits per heavy atom. The van der Waals surface area contributed by atoms with Crippen molar-refractivity contribution in [1.29, 1.82) is 0 Å². The summed E-state index contributed by atoms with van der Waals surface area (Å²) in [4.78, 5) is 23.1. The van der Waals surface area contributed by atoms with Crippen molar-refractivity contribution in [3.8, 4) is 0 Å². The Morgan fingerprint density at radius 3 is 2.77 bits per heavy atom. The van der Waals surface area contributed by atoms with Gasteiger partial charge in [0, 0.05) is 0 Å². The number of hydrogen-bond donors (Lipinski definition) is 2. The predicted octanol–water partition coefficient (Wildman–Crippen LogP) is 3.09. The zero-order chi connectivity index (χ0) is 22.1. The zero-order valence-corrected chi connectivity index (χ0v) is 21.6. The summed E-state index contributed by atoms with van der Waals surface area (Å²) in [6.07, 6.45) is -0.867. The van der Waals surface area contributed by atoms with Crippen molar-refractivity contribution in [2.75, 3.05) is 12.3 Å². The molecular weight excluding hydrogens is 513 g/mol. The number of nitrogens with zero attached hydrogens (tertiary/aromatic N) is 4. The fourth-order valence-electron chi connectivity index (χ4n) is 3.30. The van der Waals surface area contributed by atoms with Gasteiger partial charge in [0.15, 0.2) is 36.3 Å². The summed E-state index contributed by atoms with van der Waals surface area (Å²) in [5, 5.41) is -0.0545. The fraction of sp³-hybridized carbons (Fsp3) is 0.688. The van der Waals surface area contributed by atoms with Crippen LogP contribution < -0.4 is 5.73 Å². The van der Waals surface area contributed by atoms with E-state index in [0.29, 0.717) is 15.9 Å². The van der Waals surface area contributed by atoms with Crippen molar-refractivity contribution in [2.24, 2.45) is 0 Å². The Labute approximate surface area is 189 Å². The molecule has 0 spiro atoms. The van der Waals surface area contributed by atoms with Crippen molar-refractivity contribution in [2.45, 2.75) is 63.4 Å². The number of ether oxygens (including phenoxy) is 1. The van der Waals surface area contributed by atoms with E-state index in [9.17, 15) is 4.89 Å². The first kappa shape index (κ1) is 22.7. The first-order valence-corrected chi connectivity index (χ1v) is 15.7. The average molecular weight is 538 g/mol. The minimum absolute atomic E-state index is 0.0545. The lowest BCUT2D eigenvalue weighted by Gasteiger charge is -2.41. The number of hydrogen-bond acceptors (Lipinski definition) is 9. The zero-order valence-electron chi connectivity index (χ0n) is 17.3. The molecule has 5 atom stereocenters. The van der Waals surface area contributed by atoms with E-state index in [4.69, 9.17) is 35.8 Å². The van der Waals surface area contributed by atoms with Crippen LogP contribution in [-0.4, -0.2) is 57.6 Å². The molecule has 2 aliphatic rings. The minimum atomic E-state index is -3.36. The van der Waals surface area contributed by atoms with Gasteiger partial charge < -0.3 is 24.3 Å². The maximum atomic E-state index is 10.3. The number of aromatic nitrogens is 4. The monoisotopic (exact) mass is 537 g/mol. The summed E-state index contributed by atoms with van der Waals surface area (Å²) in [7, 11) is -2.25. The topological polar surface area (TPSA) is 127 Å². The van der Waals surface area contributed by atoms with E-state index >= 15 is 0 Å². The molecule has 14 heteroatoms. The molecule has 10 nitrogen and oxygen atoms in total. The standard InChI is InChI=1S/C16H25BrN5O5PSSi/c1-16(2,3)30(4,5)27-11-10-8(6-24-28(23,29)26-10)25-14(11)22-13-9(21-15(22)17)12(18)19-7-20-13/h7-8,10-11,14H,6H2,1-5H3,(H,23,29)(H2,18,19,20)/t8?,10-,11+,14?,28?/m1/s1. The lowest BCUT2D eigenvalue weighted by Crippen LogP contribution is -2.50. The minimum Gasteiger partial charge on any atom is -0.407 e. The molecule has 2 aromatic rings. The van der Waals surface area contributed by atoms with Gasteiger partial charge in [-0.25, -0.2) is 15.0 Å². The van der Waals surface area contributed by atoms with Gasteiger partial charge in [-0.2, -0.15) is 0 Å². The molecule has 3 N–H and O–H groups in total. The summed E-state index contributed by atoms with van der Waals surface area (Å²) in [6.45, 7) is 7.50. The quantitative estimate of drug-likeness (QED) is 0.342. The molecule has 2 aliphatic heterocycles. The third-order valence-corrected chi connectivity index (χ3v) is 12.5. The SMILES string of the molecule is CC(C)(C)[Si](C)(C)O[C@@H]1C(n2c(Br)nc3c(N)ncnc32)OC2COP(O)(=S)O[C@H]21. The molecule has 4 rings (SSSR count). The van der Waals surface area contributed by atoms with Gasteiger partial charge in [0.25, 0.3) is 0 Å². The summed E-state index contributed by atoms with van der Waals surface area (Å²) >= 11 is 8.59. The van der Waals surface area contributed by atoms with Gasteiger partial charge in [0.1, 0.15) is 24.6 Å². The molecule has 2 saturated heterocycles. The highest BCUT2D eigenvalue weighted by atomic mass is 79.9. The lowest BCUT2D eigenvalue weighted by atomic mass is 10.1. The van der Waals surface area contributed by atoms with Crippen molar-refractivity contribution in [3.05, 3.63) is 11.1 Å². The van der Waals surface area contributed by atoms with Crippen LogP contribution >= 0.6 is 22.6 Å². The molecule has 0 amide bonds. The Kier molecular flexibility index (Phi) is 5.69. The maximum Gasteiger partial charge on any atom is 0.325 e. The van der Waals surface area contributed by atoms with Gasteiger partial charge in [-0.15, -0.1) is 0 Å². The molecule has 4 heterocycles. The molecular formula is C16H25BrN5O5PSSi. The van der Waals surface area contributed by atoms with E-state index in [1.807, 2.05) is 0 Å². The number of nitrogens with two attached hydrogens (primary N) is 1. The maximum absolute atomic E-state index is 10.3. The molecule has 0 saturated carbocycles. The molecule has 0 radical (unpaired) electrons. The van der Waals surface area contributed by atoms with Gasteiger partial charge in [0.05, 0.1) is 6.61 Å². The molecule has 30 heavy (non-hydrogen) atoms. The van der Waals surface area contributed by atoms with Crippen molar-refractivity contribution < 1.29 is 23.1 Å². The second kappa shape index (κ2) is 7.53. The van der Waals surface area contributed by atoms with Crippen molar-refractivity contribution >= 4 is 59.8 Å². The molecule has 166 valence electrons. The third kappa shape index (κ3) is 3.88. The number of halogens is 1. The van der Waals surface area contributed by atoms with Crippen LogP contribution in [-0.2, 0) is 30.0 Å². The largest absolute Gasteiger partial charge is 0.407 e. The highest BCUT2D eigenvalue weighted by Crippen LogP contribution is 2.54. The van der Waals surface area contributed by atoms with Crippen LogP contribution in [0.3, 0.4) is 0 Å². The van der Waals surface area contributed by atoms with Crippen LogP contribution in [0.25, 0.3) is 11.2 Å². The summed E-state index contributed by atoms with van der Waals surface area (Å²) < 4.78 is 26.4. The first-order valence-electron chi connectivity index (χ1n) is 9.44. The fourth-order valence-corrected chi connectivity index (χ4v) is 6.57. The molecule has 2 aromatic heterocycles. The van der Waals surface area contributed by atoms with Crippen LogP contribution in [0.5, 0.6) is 0 Å². The van der Waals surface area contributed by atoms with Gasteiger partial charge in [-0.3, -0.25) is 9.09 Å². The molecule has 0 aliphatic carbocycles. The van der Waals surface area contributed by atoms with E-state index in [0.717, 1.165) is 0 Å². The van der Waals surface area contributed by atoms with E-state index in [2.05, 4.69) is 64.7 Å². The number of imidazole rings is 1. The van der Waals surface area contributed by atoms with Crippen LogP contribution in [0, 0.1) is 0 Å². The summed E-state index contributed by atoms with van der Waals surface area (Å²) in [5.74, 6) is 0.266. The van der Waals surface area contributed by atoms with Crippen LogP contribution in [0.4, 0.5) is 5.82 Å². The molecule has 2 fully saturated rings. The summed E-state index contributed by atoms with van der Waals surface area (Å²) in [5.41, 5.74) is 6.95. The van der Waals surface area contributed by atoms with Crippen molar-refractivity contribution in [3.63, 3.8) is 0 Å². The highest BCUT2D eigenvalue weighted by molar-refractivity contribution is 9.10. The Hall–Kier alpha value is -0.503. The molecule has 0 aromatic carbocycles. The average Bonchev–Trinajstić information content (AvgIpc) is 3.11.